The van der Waals surface area contributed by atoms with Crippen LogP contribution in [0.25, 0.3) is 0 Å². The van der Waals surface area contributed by atoms with Crippen molar-refractivity contribution in [3.63, 3.8) is 0 Å². The standard InChI is InChI=1S/C35H46Cl2N6O5/c1-35(2)34(48)40-28(23-24-9-4-3-5-10-24)33(47)43-20-8-12-29(43)32(46)39-27(31(45)41-35)11-6-7-19-38-30(44)25-13-15-26(16-14-25)42(21-17-36)22-18-37/h3-5,9-10,13-16,27-29H,6-8,11-12,17-23H2,1-2H3,(H,38,44)(H,39,46)(H,40,48)(H,41,45)/t27-,28-,29+/m0/s1. The molecule has 2 fully saturated rings. The lowest BCUT2D eigenvalue weighted by molar-refractivity contribution is -0.144. The van der Waals surface area contributed by atoms with Crippen LogP contribution in [-0.4, -0.2) is 96.0 Å². The number of hydrogen-bond donors (Lipinski definition) is 4. The number of carbonyl (C=O) groups excluding carboxylic acids is 5. The number of fused-ring (bicyclic) bond motifs is 1. The first-order valence-electron chi connectivity index (χ1n) is 16.6. The fourth-order valence-corrected chi connectivity index (χ4v) is 6.46. The number of carbonyl (C=O) groups is 5. The van der Waals surface area contributed by atoms with E-state index in [4.69, 9.17) is 23.2 Å². The maximum atomic E-state index is 13.8. The molecule has 0 aliphatic carbocycles. The molecule has 4 N–H and O–H groups in total. The van der Waals surface area contributed by atoms with E-state index in [9.17, 15) is 24.0 Å². The Morgan fingerprint density at radius 1 is 0.917 bits per heavy atom. The van der Waals surface area contributed by atoms with Crippen molar-refractivity contribution in [3.8, 4) is 0 Å². The van der Waals surface area contributed by atoms with Gasteiger partial charge in [0.1, 0.15) is 23.7 Å². The quantitative estimate of drug-likeness (QED) is 0.187. The van der Waals surface area contributed by atoms with Crippen LogP contribution in [0.15, 0.2) is 54.6 Å². The molecule has 13 heteroatoms. The van der Waals surface area contributed by atoms with Crippen molar-refractivity contribution in [1.29, 1.82) is 0 Å². The van der Waals surface area contributed by atoms with Crippen LogP contribution in [0.1, 0.15) is 61.9 Å². The first-order chi connectivity index (χ1) is 23.0. The van der Waals surface area contributed by atoms with E-state index in [-0.39, 0.29) is 24.7 Å². The minimum absolute atomic E-state index is 0.218. The van der Waals surface area contributed by atoms with Crippen molar-refractivity contribution in [2.75, 3.05) is 42.8 Å². The van der Waals surface area contributed by atoms with Gasteiger partial charge in [0, 0.05) is 55.6 Å². The molecule has 2 aliphatic heterocycles. The zero-order valence-corrected chi connectivity index (χ0v) is 29.1. The lowest BCUT2D eigenvalue weighted by atomic mass is 9.98. The van der Waals surface area contributed by atoms with E-state index >= 15 is 0 Å². The Morgan fingerprint density at radius 3 is 2.27 bits per heavy atom. The predicted molar refractivity (Wildman–Crippen MR) is 187 cm³/mol. The average molecular weight is 702 g/mol. The number of alkyl halides is 2. The molecule has 5 amide bonds. The van der Waals surface area contributed by atoms with Gasteiger partial charge in [0.25, 0.3) is 5.91 Å². The third-order valence-corrected chi connectivity index (χ3v) is 9.11. The highest BCUT2D eigenvalue weighted by molar-refractivity contribution is 6.18. The van der Waals surface area contributed by atoms with Crippen LogP contribution in [0.2, 0.25) is 0 Å². The number of nitrogens with one attached hydrogen (secondary N) is 4. The first kappa shape index (κ1) is 37.0. The molecule has 2 aromatic rings. The summed E-state index contributed by atoms with van der Waals surface area (Å²) < 4.78 is 0. The van der Waals surface area contributed by atoms with E-state index in [0.29, 0.717) is 69.2 Å². The molecule has 2 heterocycles. The van der Waals surface area contributed by atoms with E-state index in [0.717, 1.165) is 11.3 Å². The van der Waals surface area contributed by atoms with Crippen LogP contribution in [0.3, 0.4) is 0 Å². The van der Waals surface area contributed by atoms with E-state index in [1.54, 1.807) is 26.0 Å². The van der Waals surface area contributed by atoms with Crippen LogP contribution in [0.4, 0.5) is 5.69 Å². The molecule has 2 aromatic carbocycles. The van der Waals surface area contributed by atoms with Crippen LogP contribution in [0, 0.1) is 0 Å². The molecule has 0 aromatic heterocycles. The maximum absolute atomic E-state index is 13.8. The van der Waals surface area contributed by atoms with Gasteiger partial charge in [-0.15, -0.1) is 23.2 Å². The smallest absolute Gasteiger partial charge is 0.251 e. The van der Waals surface area contributed by atoms with Gasteiger partial charge in [-0.05, 0) is 75.8 Å². The summed E-state index contributed by atoms with van der Waals surface area (Å²) in [5, 5.41) is 11.4. The van der Waals surface area contributed by atoms with Gasteiger partial charge in [0.2, 0.25) is 23.6 Å². The summed E-state index contributed by atoms with van der Waals surface area (Å²) in [5.41, 5.74) is 0.964. The minimum atomic E-state index is -1.35. The molecule has 2 aliphatic rings. The highest BCUT2D eigenvalue weighted by atomic mass is 35.5. The molecule has 3 atom stereocenters. The summed E-state index contributed by atoms with van der Waals surface area (Å²) in [6, 6.07) is 14.0. The molecule has 0 saturated carbocycles. The van der Waals surface area contributed by atoms with Crippen LogP contribution in [0.5, 0.6) is 0 Å². The number of hydrogen-bond acceptors (Lipinski definition) is 6. The van der Waals surface area contributed by atoms with Crippen molar-refractivity contribution in [2.24, 2.45) is 0 Å². The highest BCUT2D eigenvalue weighted by Gasteiger charge is 2.42. The van der Waals surface area contributed by atoms with Crippen molar-refractivity contribution in [3.05, 3.63) is 65.7 Å². The third kappa shape index (κ3) is 9.85. The summed E-state index contributed by atoms with van der Waals surface area (Å²) in [7, 11) is 0. The first-order valence-corrected chi connectivity index (χ1v) is 17.6. The summed E-state index contributed by atoms with van der Waals surface area (Å²) in [5.74, 6) is -0.980. The van der Waals surface area contributed by atoms with Crippen molar-refractivity contribution >= 4 is 58.4 Å². The minimum Gasteiger partial charge on any atom is -0.369 e. The molecule has 0 spiro atoms. The van der Waals surface area contributed by atoms with Crippen molar-refractivity contribution in [2.45, 2.75) is 76.0 Å². The highest BCUT2D eigenvalue weighted by Crippen LogP contribution is 2.22. The largest absolute Gasteiger partial charge is 0.369 e. The van der Waals surface area contributed by atoms with Crippen LogP contribution < -0.4 is 26.2 Å². The van der Waals surface area contributed by atoms with Gasteiger partial charge >= 0.3 is 0 Å². The van der Waals surface area contributed by atoms with Gasteiger partial charge in [-0.3, -0.25) is 24.0 Å². The van der Waals surface area contributed by atoms with Crippen molar-refractivity contribution < 1.29 is 24.0 Å². The molecule has 4 rings (SSSR count). The number of halogens is 2. The van der Waals surface area contributed by atoms with Gasteiger partial charge in [-0.25, -0.2) is 0 Å². The zero-order chi connectivity index (χ0) is 34.7. The third-order valence-electron chi connectivity index (χ3n) is 8.77. The number of unbranched alkanes of at least 4 members (excludes halogenated alkanes) is 1. The molecular weight excluding hydrogens is 655 g/mol. The van der Waals surface area contributed by atoms with Gasteiger partial charge in [-0.1, -0.05) is 30.3 Å². The van der Waals surface area contributed by atoms with E-state index in [2.05, 4.69) is 26.2 Å². The Bertz CT molecular complexity index is 1420. The van der Waals surface area contributed by atoms with Gasteiger partial charge < -0.3 is 31.1 Å². The number of amides is 5. The monoisotopic (exact) mass is 700 g/mol. The number of rotatable bonds is 13. The predicted octanol–water partition coefficient (Wildman–Crippen LogP) is 2.98. The summed E-state index contributed by atoms with van der Waals surface area (Å²) in [4.78, 5) is 70.6. The Kier molecular flexibility index (Phi) is 13.5. The second-order valence-electron chi connectivity index (χ2n) is 12.7. The second kappa shape index (κ2) is 17.5. The lowest BCUT2D eigenvalue weighted by Gasteiger charge is -2.34. The van der Waals surface area contributed by atoms with Gasteiger partial charge in [-0.2, -0.15) is 0 Å². The Hall–Kier alpha value is -3.83. The topological polar surface area (TPSA) is 140 Å². The van der Waals surface area contributed by atoms with Crippen LogP contribution >= 0.6 is 23.2 Å². The fraction of sp³-hybridized carbons (Fsp3) is 0.514. The zero-order valence-electron chi connectivity index (χ0n) is 27.6. The molecule has 260 valence electrons. The number of benzene rings is 2. The number of anilines is 1. The molecule has 0 bridgehead atoms. The molecule has 0 radical (unpaired) electrons. The van der Waals surface area contributed by atoms with Crippen molar-refractivity contribution in [1.82, 2.24) is 26.2 Å². The Labute approximate surface area is 292 Å². The average Bonchev–Trinajstić information content (AvgIpc) is 3.57. The van der Waals surface area contributed by atoms with E-state index in [1.807, 2.05) is 42.5 Å². The Morgan fingerprint density at radius 2 is 1.60 bits per heavy atom. The molecular formula is C35H46Cl2N6O5. The SMILES string of the molecule is CC1(C)NC(=O)[C@H](CCCCNC(=O)c2ccc(N(CCCl)CCCl)cc2)NC(=O)[C@H]2CCCN2C(=O)[C@H](Cc2ccccc2)NC1=O. The molecule has 11 nitrogen and oxygen atoms in total. The molecule has 0 unspecified atom stereocenters. The summed E-state index contributed by atoms with van der Waals surface area (Å²) in [6.45, 7) is 5.20. The molecule has 48 heavy (non-hydrogen) atoms. The van der Waals surface area contributed by atoms with Crippen LogP contribution in [-0.2, 0) is 25.6 Å². The Balaban J connectivity index is 1.37. The van der Waals surface area contributed by atoms with Gasteiger partial charge in [0.15, 0.2) is 0 Å². The molecule has 2 saturated heterocycles. The fourth-order valence-electron chi connectivity index (χ4n) is 6.06. The van der Waals surface area contributed by atoms with E-state index < -0.39 is 41.4 Å². The van der Waals surface area contributed by atoms with Gasteiger partial charge in [0.05, 0.1) is 0 Å². The summed E-state index contributed by atoms with van der Waals surface area (Å²) >= 11 is 11.8. The maximum Gasteiger partial charge on any atom is 0.251 e. The normalized spacial score (nSPS) is 21.2. The lowest BCUT2D eigenvalue weighted by Crippen LogP contribution is -2.64. The number of nitrogens with zero attached hydrogens (tertiary/aromatic N) is 2. The van der Waals surface area contributed by atoms with E-state index in [1.165, 1.54) is 4.90 Å². The summed E-state index contributed by atoms with van der Waals surface area (Å²) in [6.07, 6.45) is 2.72. The second-order valence-corrected chi connectivity index (χ2v) is 13.5.